The smallest absolute Gasteiger partial charge is 0.243 e. The highest BCUT2D eigenvalue weighted by Crippen LogP contribution is 2.11. The summed E-state index contributed by atoms with van der Waals surface area (Å²) in [6, 6.07) is -6.23. The maximum Gasteiger partial charge on any atom is 0.243 e. The largest absolute Gasteiger partial charge is 0.356 e. The summed E-state index contributed by atoms with van der Waals surface area (Å²) in [5, 5.41) is 21.7. The summed E-state index contributed by atoms with van der Waals surface area (Å²) in [7, 11) is 0. The Hall–Kier alpha value is -4.68. The van der Waals surface area contributed by atoms with Gasteiger partial charge in [0.05, 0.1) is 6.54 Å². The van der Waals surface area contributed by atoms with E-state index in [9.17, 15) is 38.4 Å². The van der Waals surface area contributed by atoms with Gasteiger partial charge in [-0.1, -0.05) is 84.5 Å². The maximum atomic E-state index is 13.9. The Morgan fingerprint density at radius 1 is 0.500 bits per heavy atom. The number of amides is 8. The monoisotopic (exact) mass is 789 g/mol. The molecule has 16 heteroatoms. The van der Waals surface area contributed by atoms with Crippen LogP contribution in [0, 0.1) is 12.3 Å². The van der Waals surface area contributed by atoms with Crippen LogP contribution in [0.15, 0.2) is 0 Å². The van der Waals surface area contributed by atoms with Gasteiger partial charge in [0.2, 0.25) is 47.3 Å². The van der Waals surface area contributed by atoms with Gasteiger partial charge in [-0.15, -0.1) is 6.42 Å². The molecule has 1 aliphatic rings. The molecule has 56 heavy (non-hydrogen) atoms. The van der Waals surface area contributed by atoms with Crippen LogP contribution in [0.5, 0.6) is 0 Å². The molecule has 0 saturated carbocycles. The number of unbranched alkanes of at least 4 members (excludes halogenated alkanes) is 7. The van der Waals surface area contributed by atoms with E-state index in [1.54, 1.807) is 0 Å². The fourth-order valence-corrected chi connectivity index (χ4v) is 6.02. The zero-order valence-electron chi connectivity index (χ0n) is 34.2. The zero-order valence-corrected chi connectivity index (χ0v) is 34.2. The number of terminal acetylenes is 1. The van der Waals surface area contributed by atoms with Crippen molar-refractivity contribution in [2.24, 2.45) is 0 Å². The second-order valence-corrected chi connectivity index (χ2v) is 14.5. The van der Waals surface area contributed by atoms with E-state index in [1.807, 2.05) is 20.8 Å². The first-order valence-corrected chi connectivity index (χ1v) is 20.6. The molecule has 1 aliphatic heterocycles. The van der Waals surface area contributed by atoms with E-state index in [0.29, 0.717) is 38.5 Å². The Morgan fingerprint density at radius 2 is 0.821 bits per heavy atom. The summed E-state index contributed by atoms with van der Waals surface area (Å²) in [6.45, 7) is 9.33. The Morgan fingerprint density at radius 3 is 1.18 bits per heavy atom. The summed E-state index contributed by atoms with van der Waals surface area (Å²) >= 11 is 0. The molecule has 1 heterocycles. The highest BCUT2D eigenvalue weighted by molar-refractivity contribution is 5.98. The van der Waals surface area contributed by atoms with Gasteiger partial charge in [-0.2, -0.15) is 0 Å². The molecular weight excluding hydrogens is 720 g/mol. The molecule has 0 aromatic heterocycles. The van der Waals surface area contributed by atoms with Crippen molar-refractivity contribution < 1.29 is 38.4 Å². The summed E-state index contributed by atoms with van der Waals surface area (Å²) < 4.78 is 0. The highest BCUT2D eigenvalue weighted by Gasteiger charge is 2.33. The van der Waals surface area contributed by atoms with E-state index in [0.717, 1.165) is 38.5 Å². The number of rotatable bonds is 21. The van der Waals surface area contributed by atoms with Gasteiger partial charge in [-0.05, 0) is 52.4 Å². The van der Waals surface area contributed by atoms with Crippen LogP contribution in [-0.2, 0) is 38.4 Å². The minimum absolute atomic E-state index is 0.0150. The van der Waals surface area contributed by atoms with Crippen LogP contribution in [0.3, 0.4) is 0 Å². The standard InChI is InChI=1S/C40H68N8O8/c1-7-11-14-19-29-37(53)43-28(6)36(52)46-31(21-16-13-9-3)39(55)48-32(22-17-18-26-42-34(50)24-23-33(49)41-25-10-4)40(56)47-30(20-15-12-8-2)38(54)44-27(5)35(51)45-29/h4,27-32H,7-9,11-26H2,1-3,5-6H3,(H,41,49)(H,42,50)(H,43,53)(H,44,54)(H,45,51)(H,46,52)(H,47,56)(H,48,55)/t27-,28-,29+,30+,31+,32-/m1/s1. The second kappa shape index (κ2) is 28.7. The fraction of sp³-hybridized carbons (Fsp3) is 0.750. The van der Waals surface area contributed by atoms with Gasteiger partial charge < -0.3 is 42.5 Å². The van der Waals surface area contributed by atoms with Crippen molar-refractivity contribution >= 4 is 47.3 Å². The lowest BCUT2D eigenvalue weighted by molar-refractivity contribution is -0.136. The molecule has 316 valence electrons. The van der Waals surface area contributed by atoms with Crippen LogP contribution in [0.4, 0.5) is 0 Å². The molecule has 16 nitrogen and oxygen atoms in total. The molecule has 8 amide bonds. The van der Waals surface area contributed by atoms with Gasteiger partial charge in [0.1, 0.15) is 36.3 Å². The summed E-state index contributed by atoms with van der Waals surface area (Å²) in [6.07, 6.45) is 13.8. The molecular formula is C40H68N8O8. The first-order valence-electron chi connectivity index (χ1n) is 20.6. The second-order valence-electron chi connectivity index (χ2n) is 14.5. The topological polar surface area (TPSA) is 233 Å². The van der Waals surface area contributed by atoms with E-state index in [1.165, 1.54) is 13.8 Å². The van der Waals surface area contributed by atoms with Crippen LogP contribution in [0.1, 0.15) is 144 Å². The maximum absolute atomic E-state index is 13.9. The Bertz CT molecular complexity index is 1330. The van der Waals surface area contributed by atoms with E-state index >= 15 is 0 Å². The predicted octanol–water partition coefficient (Wildman–Crippen LogP) is 1.51. The fourth-order valence-electron chi connectivity index (χ4n) is 6.02. The minimum atomic E-state index is -1.11. The third kappa shape index (κ3) is 20.3. The van der Waals surface area contributed by atoms with Crippen molar-refractivity contribution in [2.45, 2.75) is 180 Å². The van der Waals surface area contributed by atoms with Crippen molar-refractivity contribution in [1.29, 1.82) is 0 Å². The first kappa shape index (κ1) is 49.3. The average Bonchev–Trinajstić information content (AvgIpc) is 3.16. The van der Waals surface area contributed by atoms with Crippen molar-refractivity contribution in [3.63, 3.8) is 0 Å². The summed E-state index contributed by atoms with van der Waals surface area (Å²) in [5.41, 5.74) is 0. The lowest BCUT2D eigenvalue weighted by Gasteiger charge is -2.28. The quantitative estimate of drug-likeness (QED) is 0.0626. The van der Waals surface area contributed by atoms with Crippen LogP contribution in [-0.4, -0.2) is 96.6 Å². The lowest BCUT2D eigenvalue weighted by atomic mass is 10.0. The van der Waals surface area contributed by atoms with Crippen molar-refractivity contribution in [2.75, 3.05) is 13.1 Å². The van der Waals surface area contributed by atoms with Gasteiger partial charge in [-0.25, -0.2) is 0 Å². The molecule has 0 aliphatic carbocycles. The normalized spacial score (nSPS) is 22.8. The molecule has 6 atom stereocenters. The zero-order chi connectivity index (χ0) is 41.9. The number of nitrogens with one attached hydrogen (secondary N) is 8. The molecule has 0 radical (unpaired) electrons. The molecule has 0 spiro atoms. The van der Waals surface area contributed by atoms with Crippen LogP contribution >= 0.6 is 0 Å². The minimum Gasteiger partial charge on any atom is -0.356 e. The van der Waals surface area contributed by atoms with Crippen LogP contribution in [0.2, 0.25) is 0 Å². The molecule has 0 aromatic carbocycles. The van der Waals surface area contributed by atoms with Crippen molar-refractivity contribution in [1.82, 2.24) is 42.5 Å². The molecule has 1 rings (SSSR count). The Labute approximate surface area is 333 Å². The highest BCUT2D eigenvalue weighted by atomic mass is 16.2. The van der Waals surface area contributed by atoms with Crippen molar-refractivity contribution in [3.8, 4) is 12.3 Å². The van der Waals surface area contributed by atoms with Crippen LogP contribution < -0.4 is 42.5 Å². The van der Waals surface area contributed by atoms with Gasteiger partial charge in [-0.3, -0.25) is 38.4 Å². The van der Waals surface area contributed by atoms with Crippen LogP contribution in [0.25, 0.3) is 0 Å². The molecule has 1 fully saturated rings. The molecule has 0 unspecified atom stereocenters. The summed E-state index contributed by atoms with van der Waals surface area (Å²) in [4.78, 5) is 106. The molecule has 0 bridgehead atoms. The number of carbonyl (C=O) groups excluding carboxylic acids is 8. The number of hydrogen-bond donors (Lipinski definition) is 8. The van der Waals surface area contributed by atoms with Gasteiger partial charge in [0.25, 0.3) is 0 Å². The third-order valence-electron chi connectivity index (χ3n) is 9.53. The van der Waals surface area contributed by atoms with Gasteiger partial charge in [0, 0.05) is 19.4 Å². The Balaban J connectivity index is 3.35. The van der Waals surface area contributed by atoms with E-state index in [-0.39, 0.29) is 57.0 Å². The van der Waals surface area contributed by atoms with Gasteiger partial charge >= 0.3 is 0 Å². The average molecular weight is 789 g/mol. The molecule has 1 saturated heterocycles. The molecule has 0 aromatic rings. The first-order chi connectivity index (χ1) is 26.8. The lowest BCUT2D eigenvalue weighted by Crippen LogP contribution is -2.60. The number of hydrogen-bond acceptors (Lipinski definition) is 8. The van der Waals surface area contributed by atoms with E-state index < -0.39 is 71.7 Å². The molecule has 8 N–H and O–H groups in total. The van der Waals surface area contributed by atoms with E-state index in [4.69, 9.17) is 6.42 Å². The summed E-state index contributed by atoms with van der Waals surface area (Å²) in [5.74, 6) is -1.89. The van der Waals surface area contributed by atoms with E-state index in [2.05, 4.69) is 48.5 Å². The third-order valence-corrected chi connectivity index (χ3v) is 9.53. The Kier molecular flexibility index (Phi) is 25.3. The number of carbonyl (C=O) groups is 8. The van der Waals surface area contributed by atoms with Crippen molar-refractivity contribution in [3.05, 3.63) is 0 Å². The van der Waals surface area contributed by atoms with Gasteiger partial charge in [0.15, 0.2) is 0 Å². The SMILES string of the molecule is C#CCNC(=O)CCC(=O)NCCCC[C@H]1NC(=O)[C@H](CCCCC)NC(=O)[C@@H](C)NC(=O)[C@H](CCCCC)NC(=O)[C@@H](C)NC(=O)[C@H](CCCCC)NC1=O. The predicted molar refractivity (Wildman–Crippen MR) is 213 cm³/mol.